The first-order valence-corrected chi connectivity index (χ1v) is 11.6. The summed E-state index contributed by atoms with van der Waals surface area (Å²) in [5.41, 5.74) is 4.81. The monoisotopic (exact) mass is 529 g/mol. The van der Waals surface area contributed by atoms with E-state index in [0.717, 1.165) is 21.0 Å². The molecule has 0 aliphatic carbocycles. The van der Waals surface area contributed by atoms with Crippen LogP contribution in [0.4, 0.5) is 11.4 Å². The molecule has 4 N–H and O–H groups in total. The first kappa shape index (κ1) is 22.5. The van der Waals surface area contributed by atoms with Crippen LogP contribution in [0.1, 0.15) is 21.6 Å². The SMILES string of the molecule is Cc1cccc(CC(=O)Nc2cccc3cc(C(=O)Nc4ccc(Br)cc4-c4nn[nH]n4)[nH]c23)c1. The number of aryl methyl sites for hydroxylation is 1. The van der Waals surface area contributed by atoms with Crippen molar-refractivity contribution in [3.8, 4) is 11.4 Å². The Bertz CT molecular complexity index is 1540. The molecule has 0 bridgehead atoms. The van der Waals surface area contributed by atoms with E-state index < -0.39 is 0 Å². The molecule has 10 heteroatoms. The van der Waals surface area contributed by atoms with Gasteiger partial charge in [-0.2, -0.15) is 5.21 Å². The van der Waals surface area contributed by atoms with Gasteiger partial charge in [0.05, 0.1) is 23.3 Å². The molecule has 0 atom stereocenters. The van der Waals surface area contributed by atoms with Gasteiger partial charge in [0.25, 0.3) is 5.91 Å². The van der Waals surface area contributed by atoms with Gasteiger partial charge in [0.15, 0.2) is 0 Å². The van der Waals surface area contributed by atoms with E-state index >= 15 is 0 Å². The average molecular weight is 530 g/mol. The number of carbonyl (C=O) groups is 2. The smallest absolute Gasteiger partial charge is 0.272 e. The molecular weight excluding hydrogens is 510 g/mol. The number of para-hydroxylation sites is 1. The van der Waals surface area contributed by atoms with Crippen LogP contribution in [-0.2, 0) is 11.2 Å². The molecule has 0 radical (unpaired) electrons. The molecule has 0 aliphatic rings. The van der Waals surface area contributed by atoms with E-state index in [1.54, 1.807) is 24.3 Å². The number of tetrazole rings is 1. The quantitative estimate of drug-likeness (QED) is 0.250. The van der Waals surface area contributed by atoms with Crippen molar-refractivity contribution in [2.24, 2.45) is 0 Å². The number of benzene rings is 3. The first-order chi connectivity index (χ1) is 17.0. The molecule has 0 saturated carbocycles. The maximum absolute atomic E-state index is 13.1. The summed E-state index contributed by atoms with van der Waals surface area (Å²) in [6.07, 6.45) is 0.258. The molecule has 0 unspecified atom stereocenters. The van der Waals surface area contributed by atoms with Gasteiger partial charge in [-0.1, -0.05) is 57.9 Å². The Kier molecular flexibility index (Phi) is 6.11. The summed E-state index contributed by atoms with van der Waals surface area (Å²) in [7, 11) is 0. The number of halogens is 1. The Morgan fingerprint density at radius 1 is 0.971 bits per heavy atom. The Labute approximate surface area is 208 Å². The minimum absolute atomic E-state index is 0.136. The molecule has 3 aromatic carbocycles. The molecule has 2 heterocycles. The number of nitrogens with zero attached hydrogens (tertiary/aromatic N) is 3. The fourth-order valence-corrected chi connectivity index (χ4v) is 4.22. The van der Waals surface area contributed by atoms with Gasteiger partial charge in [-0.3, -0.25) is 9.59 Å². The predicted octanol–water partition coefficient (Wildman–Crippen LogP) is 4.85. The van der Waals surface area contributed by atoms with E-state index in [1.165, 1.54) is 0 Å². The fraction of sp³-hybridized carbons (Fsp3) is 0.0800. The number of nitrogens with one attached hydrogen (secondary N) is 4. The normalized spacial score (nSPS) is 10.9. The summed E-state index contributed by atoms with van der Waals surface area (Å²) >= 11 is 3.43. The van der Waals surface area contributed by atoms with Crippen molar-refractivity contribution in [1.29, 1.82) is 0 Å². The molecule has 5 rings (SSSR count). The summed E-state index contributed by atoms with van der Waals surface area (Å²) in [5, 5.41) is 20.7. The van der Waals surface area contributed by atoms with E-state index in [4.69, 9.17) is 0 Å². The van der Waals surface area contributed by atoms with Crippen LogP contribution < -0.4 is 10.6 Å². The number of rotatable bonds is 6. The molecule has 0 spiro atoms. The Hall–Kier alpha value is -4.31. The summed E-state index contributed by atoms with van der Waals surface area (Å²) in [6.45, 7) is 1.99. The lowest BCUT2D eigenvalue weighted by molar-refractivity contribution is -0.115. The van der Waals surface area contributed by atoms with Gasteiger partial charge < -0.3 is 15.6 Å². The van der Waals surface area contributed by atoms with Crippen molar-refractivity contribution < 1.29 is 9.59 Å². The number of amides is 2. The first-order valence-electron chi connectivity index (χ1n) is 10.8. The number of fused-ring (bicyclic) bond motifs is 1. The highest BCUT2D eigenvalue weighted by Gasteiger charge is 2.17. The molecule has 0 fully saturated rings. The van der Waals surface area contributed by atoms with Gasteiger partial charge in [0.2, 0.25) is 11.7 Å². The molecule has 5 aromatic rings. The predicted molar refractivity (Wildman–Crippen MR) is 137 cm³/mol. The zero-order valence-corrected chi connectivity index (χ0v) is 20.2. The standard InChI is InChI=1S/C25H20BrN7O2/c1-14-4-2-5-15(10-14)11-22(34)27-20-7-3-6-16-12-21(28-23(16)20)25(35)29-19-9-8-17(26)13-18(19)24-30-32-33-31-24/h2-10,12-13,28H,11H2,1H3,(H,27,34)(H,29,35)(H,30,31,32,33). The van der Waals surface area contributed by atoms with Crippen molar-refractivity contribution in [3.05, 3.63) is 88.0 Å². The van der Waals surface area contributed by atoms with Gasteiger partial charge in [0, 0.05) is 15.4 Å². The van der Waals surface area contributed by atoms with Crippen LogP contribution >= 0.6 is 15.9 Å². The number of H-pyrrole nitrogens is 2. The molecule has 0 aliphatic heterocycles. The molecular formula is C25H20BrN7O2. The zero-order chi connectivity index (χ0) is 24.4. The Morgan fingerprint density at radius 2 is 1.83 bits per heavy atom. The molecule has 0 saturated heterocycles. The molecule has 9 nitrogen and oxygen atoms in total. The maximum atomic E-state index is 13.1. The van der Waals surface area contributed by atoms with Crippen molar-refractivity contribution in [2.45, 2.75) is 13.3 Å². The molecule has 2 amide bonds. The average Bonchev–Trinajstić information content (AvgIpc) is 3.51. The van der Waals surface area contributed by atoms with E-state index in [-0.39, 0.29) is 18.2 Å². The van der Waals surface area contributed by atoms with Crippen LogP contribution in [0.25, 0.3) is 22.3 Å². The molecule has 2 aromatic heterocycles. The van der Waals surface area contributed by atoms with Crippen molar-refractivity contribution in [1.82, 2.24) is 25.6 Å². The van der Waals surface area contributed by atoms with Crippen LogP contribution in [-0.4, -0.2) is 37.4 Å². The summed E-state index contributed by atoms with van der Waals surface area (Å²) < 4.78 is 0.812. The van der Waals surface area contributed by atoms with Gasteiger partial charge in [-0.25, -0.2) is 0 Å². The summed E-state index contributed by atoms with van der Waals surface area (Å²) in [4.78, 5) is 28.9. The second-order valence-electron chi connectivity index (χ2n) is 8.05. The molecule has 35 heavy (non-hydrogen) atoms. The van der Waals surface area contributed by atoms with Crippen LogP contribution in [0.3, 0.4) is 0 Å². The van der Waals surface area contributed by atoms with Crippen molar-refractivity contribution in [3.63, 3.8) is 0 Å². The second kappa shape index (κ2) is 9.51. The Balaban J connectivity index is 1.37. The number of hydrogen-bond donors (Lipinski definition) is 4. The van der Waals surface area contributed by atoms with Gasteiger partial charge in [0.1, 0.15) is 5.69 Å². The Morgan fingerprint density at radius 3 is 2.63 bits per heavy atom. The highest BCUT2D eigenvalue weighted by Crippen LogP contribution is 2.29. The lowest BCUT2D eigenvalue weighted by Gasteiger charge is -2.09. The summed E-state index contributed by atoms with van der Waals surface area (Å²) in [5.74, 6) is -0.120. The minimum atomic E-state index is -0.342. The van der Waals surface area contributed by atoms with Crippen molar-refractivity contribution >= 4 is 50.0 Å². The van der Waals surface area contributed by atoms with Crippen molar-refractivity contribution in [2.75, 3.05) is 10.6 Å². The van der Waals surface area contributed by atoms with Gasteiger partial charge >= 0.3 is 0 Å². The third-order valence-electron chi connectivity index (χ3n) is 5.44. The topological polar surface area (TPSA) is 128 Å². The van der Waals surface area contributed by atoms with E-state index in [0.29, 0.717) is 34.0 Å². The highest BCUT2D eigenvalue weighted by atomic mass is 79.9. The molecule has 174 valence electrons. The fourth-order valence-electron chi connectivity index (χ4n) is 3.86. The van der Waals surface area contributed by atoms with Crippen LogP contribution in [0.5, 0.6) is 0 Å². The summed E-state index contributed by atoms with van der Waals surface area (Å²) in [6, 6.07) is 20.5. The third-order valence-corrected chi connectivity index (χ3v) is 5.93. The maximum Gasteiger partial charge on any atom is 0.272 e. The number of carbonyl (C=O) groups excluding carboxylic acids is 2. The third kappa shape index (κ3) is 4.97. The van der Waals surface area contributed by atoms with E-state index in [9.17, 15) is 9.59 Å². The van der Waals surface area contributed by atoms with Crippen LogP contribution in [0.2, 0.25) is 0 Å². The number of hydrogen-bond acceptors (Lipinski definition) is 5. The van der Waals surface area contributed by atoms with Crippen LogP contribution in [0.15, 0.2) is 71.2 Å². The highest BCUT2D eigenvalue weighted by molar-refractivity contribution is 9.10. The minimum Gasteiger partial charge on any atom is -0.349 e. The van der Waals surface area contributed by atoms with E-state index in [1.807, 2.05) is 49.4 Å². The number of anilines is 2. The number of aromatic nitrogens is 5. The zero-order valence-electron chi connectivity index (χ0n) is 18.6. The lowest BCUT2D eigenvalue weighted by Crippen LogP contribution is -2.15. The largest absolute Gasteiger partial charge is 0.349 e. The number of aromatic amines is 2. The lowest BCUT2D eigenvalue weighted by atomic mass is 10.1. The van der Waals surface area contributed by atoms with E-state index in [2.05, 4.69) is 52.2 Å². The second-order valence-corrected chi connectivity index (χ2v) is 8.96. The van der Waals surface area contributed by atoms with Crippen LogP contribution in [0, 0.1) is 6.92 Å². The van der Waals surface area contributed by atoms with Gasteiger partial charge in [-0.15, -0.1) is 10.2 Å². The van der Waals surface area contributed by atoms with Gasteiger partial charge in [-0.05, 0) is 48.0 Å².